The third-order valence-electron chi connectivity index (χ3n) is 3.22. The summed E-state index contributed by atoms with van der Waals surface area (Å²) in [7, 11) is -3.47. The van der Waals surface area contributed by atoms with Gasteiger partial charge in [-0.3, -0.25) is 0 Å². The van der Waals surface area contributed by atoms with Crippen molar-refractivity contribution < 1.29 is 12.8 Å². The van der Waals surface area contributed by atoms with Crippen molar-refractivity contribution in [1.82, 2.24) is 10.0 Å². The molecule has 0 saturated heterocycles. The van der Waals surface area contributed by atoms with Crippen LogP contribution in [0, 0.1) is 6.92 Å². The van der Waals surface area contributed by atoms with Gasteiger partial charge in [0, 0.05) is 18.7 Å². The normalized spacial score (nSPS) is 12.2. The predicted molar refractivity (Wildman–Crippen MR) is 84.8 cm³/mol. The molecule has 0 amide bonds. The topological polar surface area (TPSA) is 71.3 Å². The molecule has 0 fully saturated rings. The second-order valence-electron chi connectivity index (χ2n) is 5.63. The first-order valence-corrected chi connectivity index (χ1v) is 9.17. The lowest BCUT2D eigenvalue weighted by Gasteiger charge is -2.05. The van der Waals surface area contributed by atoms with Crippen LogP contribution in [0.2, 0.25) is 0 Å². The summed E-state index contributed by atoms with van der Waals surface area (Å²) in [6.45, 7) is 8.89. The summed E-state index contributed by atoms with van der Waals surface area (Å²) in [6, 6.07) is 1.94. The van der Waals surface area contributed by atoms with Crippen LogP contribution in [-0.2, 0) is 16.6 Å². The number of unbranched alkanes of at least 4 members (excludes halogenated alkanes) is 3. The Balaban J connectivity index is 2.61. The molecule has 0 aliphatic carbocycles. The number of hydrogen-bond acceptors (Lipinski definition) is 4. The van der Waals surface area contributed by atoms with Crippen LogP contribution in [0.5, 0.6) is 0 Å². The molecule has 0 aliphatic rings. The fourth-order valence-electron chi connectivity index (χ4n) is 2.02. The summed E-state index contributed by atoms with van der Waals surface area (Å²) in [6.07, 6.45) is 4.19. The van der Waals surface area contributed by atoms with Gasteiger partial charge in [0.2, 0.25) is 10.0 Å². The molecular weight excluding hydrogens is 288 g/mol. The first kappa shape index (κ1) is 18.2. The first-order valence-electron chi connectivity index (χ1n) is 7.69. The Morgan fingerprint density at radius 2 is 1.95 bits per heavy atom. The molecule has 0 unspecified atom stereocenters. The number of rotatable bonds is 10. The van der Waals surface area contributed by atoms with Crippen molar-refractivity contribution >= 4 is 10.0 Å². The zero-order valence-electron chi connectivity index (χ0n) is 13.5. The van der Waals surface area contributed by atoms with Gasteiger partial charge in [-0.05, 0) is 13.3 Å². The maximum absolute atomic E-state index is 12.2. The highest BCUT2D eigenvalue weighted by atomic mass is 32.2. The quantitative estimate of drug-likeness (QED) is 0.651. The third-order valence-corrected chi connectivity index (χ3v) is 4.79. The molecule has 0 aliphatic heterocycles. The van der Waals surface area contributed by atoms with Gasteiger partial charge < -0.3 is 9.73 Å². The molecule has 1 aromatic rings. The van der Waals surface area contributed by atoms with Crippen molar-refractivity contribution in [3.8, 4) is 0 Å². The van der Waals surface area contributed by atoms with E-state index in [1.54, 1.807) is 13.0 Å². The van der Waals surface area contributed by atoms with Crippen LogP contribution in [0.3, 0.4) is 0 Å². The van der Waals surface area contributed by atoms with Gasteiger partial charge in [-0.1, -0.05) is 40.0 Å². The molecule has 0 aromatic carbocycles. The van der Waals surface area contributed by atoms with Gasteiger partial charge in [0.05, 0.1) is 6.54 Å². The lowest BCUT2D eigenvalue weighted by molar-refractivity contribution is 0.444. The highest BCUT2D eigenvalue weighted by Crippen LogP contribution is 2.20. The fourth-order valence-corrected chi connectivity index (χ4v) is 3.29. The number of aryl methyl sites for hydroxylation is 1. The van der Waals surface area contributed by atoms with E-state index < -0.39 is 10.0 Å². The summed E-state index contributed by atoms with van der Waals surface area (Å²) in [5, 5.41) is 3.21. The second kappa shape index (κ2) is 8.56. The molecule has 21 heavy (non-hydrogen) atoms. The van der Waals surface area contributed by atoms with Crippen molar-refractivity contribution in [2.75, 3.05) is 6.54 Å². The molecule has 0 saturated carbocycles. The lowest BCUT2D eigenvalue weighted by Crippen LogP contribution is -2.25. The number of hydrogen-bond donors (Lipinski definition) is 2. The Hall–Kier alpha value is -0.850. The summed E-state index contributed by atoms with van der Waals surface area (Å²) < 4.78 is 32.7. The zero-order chi connectivity index (χ0) is 15.9. The van der Waals surface area contributed by atoms with Gasteiger partial charge in [0.1, 0.15) is 16.4 Å². The van der Waals surface area contributed by atoms with Gasteiger partial charge in [-0.25, -0.2) is 13.1 Å². The van der Waals surface area contributed by atoms with Crippen LogP contribution in [0.4, 0.5) is 0 Å². The molecule has 6 heteroatoms. The molecule has 5 nitrogen and oxygen atoms in total. The summed E-state index contributed by atoms with van der Waals surface area (Å²) >= 11 is 0. The van der Waals surface area contributed by atoms with Crippen LogP contribution >= 0.6 is 0 Å². The van der Waals surface area contributed by atoms with Crippen molar-refractivity contribution in [2.24, 2.45) is 0 Å². The SMILES string of the molecule is CCCCCCNS(=O)(=O)c1cc(CNC(C)C)oc1C. The molecule has 0 spiro atoms. The van der Waals surface area contributed by atoms with Crippen molar-refractivity contribution in [2.45, 2.75) is 70.9 Å². The summed E-state index contributed by atoms with van der Waals surface area (Å²) in [4.78, 5) is 0.249. The molecule has 1 heterocycles. The Morgan fingerprint density at radius 3 is 2.57 bits per heavy atom. The van der Waals surface area contributed by atoms with Crippen molar-refractivity contribution in [1.29, 1.82) is 0 Å². The molecule has 2 N–H and O–H groups in total. The van der Waals surface area contributed by atoms with E-state index in [1.165, 1.54) is 0 Å². The minimum Gasteiger partial charge on any atom is -0.464 e. The van der Waals surface area contributed by atoms with Gasteiger partial charge in [-0.15, -0.1) is 0 Å². The summed E-state index contributed by atoms with van der Waals surface area (Å²) in [5.74, 6) is 1.09. The van der Waals surface area contributed by atoms with Crippen LogP contribution in [0.15, 0.2) is 15.4 Å². The monoisotopic (exact) mass is 316 g/mol. The maximum Gasteiger partial charge on any atom is 0.244 e. The average molecular weight is 316 g/mol. The van der Waals surface area contributed by atoms with Gasteiger partial charge in [0.25, 0.3) is 0 Å². The minimum absolute atomic E-state index is 0.249. The smallest absolute Gasteiger partial charge is 0.244 e. The van der Waals surface area contributed by atoms with E-state index >= 15 is 0 Å². The molecule has 1 aromatic heterocycles. The zero-order valence-corrected chi connectivity index (χ0v) is 14.3. The Morgan fingerprint density at radius 1 is 1.24 bits per heavy atom. The van der Waals surface area contributed by atoms with Crippen LogP contribution in [0.25, 0.3) is 0 Å². The van der Waals surface area contributed by atoms with Gasteiger partial charge in [0.15, 0.2) is 0 Å². The molecule has 0 atom stereocenters. The van der Waals surface area contributed by atoms with Crippen LogP contribution in [-0.4, -0.2) is 21.0 Å². The van der Waals surface area contributed by atoms with Crippen LogP contribution in [0.1, 0.15) is 58.0 Å². The molecule has 1 rings (SSSR count). The van der Waals surface area contributed by atoms with E-state index in [0.717, 1.165) is 25.7 Å². The highest BCUT2D eigenvalue weighted by Gasteiger charge is 2.20. The van der Waals surface area contributed by atoms with Crippen molar-refractivity contribution in [3.63, 3.8) is 0 Å². The second-order valence-corrected chi connectivity index (χ2v) is 7.36. The standard InChI is InChI=1S/C15H28N2O3S/c1-5-6-7-8-9-17-21(18,19)15-10-14(20-13(15)4)11-16-12(2)3/h10,12,16-17H,5-9,11H2,1-4H3. The Bertz CT molecular complexity index is 521. The Labute approximate surface area is 128 Å². The summed E-state index contributed by atoms with van der Waals surface area (Å²) in [5.41, 5.74) is 0. The molecule has 0 radical (unpaired) electrons. The predicted octanol–water partition coefficient (Wildman–Crippen LogP) is 2.94. The van der Waals surface area contributed by atoms with Crippen LogP contribution < -0.4 is 10.0 Å². The molecule has 0 bridgehead atoms. The first-order chi connectivity index (χ1) is 9.86. The van der Waals surface area contributed by atoms with Gasteiger partial charge >= 0.3 is 0 Å². The van der Waals surface area contributed by atoms with E-state index in [2.05, 4.69) is 17.0 Å². The number of sulfonamides is 1. The van der Waals surface area contributed by atoms with E-state index in [0.29, 0.717) is 30.7 Å². The molecule has 122 valence electrons. The fraction of sp³-hybridized carbons (Fsp3) is 0.733. The van der Waals surface area contributed by atoms with Gasteiger partial charge in [-0.2, -0.15) is 0 Å². The third kappa shape index (κ3) is 6.20. The number of furan rings is 1. The lowest BCUT2D eigenvalue weighted by atomic mass is 10.2. The Kier molecular flexibility index (Phi) is 7.42. The van der Waals surface area contributed by atoms with E-state index in [1.807, 2.05) is 13.8 Å². The van der Waals surface area contributed by atoms with E-state index in [9.17, 15) is 8.42 Å². The average Bonchev–Trinajstić information content (AvgIpc) is 2.78. The number of nitrogens with one attached hydrogen (secondary N) is 2. The van der Waals surface area contributed by atoms with E-state index in [4.69, 9.17) is 4.42 Å². The maximum atomic E-state index is 12.2. The molecular formula is C15H28N2O3S. The minimum atomic E-state index is -3.47. The highest BCUT2D eigenvalue weighted by molar-refractivity contribution is 7.89. The largest absolute Gasteiger partial charge is 0.464 e. The van der Waals surface area contributed by atoms with Crippen molar-refractivity contribution in [3.05, 3.63) is 17.6 Å². The van der Waals surface area contributed by atoms with E-state index in [-0.39, 0.29) is 4.90 Å².